The number of rotatable bonds is 5. The van der Waals surface area contributed by atoms with E-state index in [1.807, 2.05) is 6.07 Å². The first-order chi connectivity index (χ1) is 10.8. The fourth-order valence-electron chi connectivity index (χ4n) is 2.10. The van der Waals surface area contributed by atoms with Gasteiger partial charge in [0, 0.05) is 31.2 Å². The highest BCUT2D eigenvalue weighted by molar-refractivity contribution is 9.10. The number of benzene rings is 1. The molecule has 1 atom stereocenters. The molecule has 0 spiro atoms. The minimum atomic E-state index is -2.93. The van der Waals surface area contributed by atoms with Crippen molar-refractivity contribution in [3.8, 4) is 11.8 Å². The molecular formula is C15H14BrF2N3O2. The molecule has 1 aromatic heterocycles. The first-order valence-electron chi connectivity index (χ1n) is 6.55. The van der Waals surface area contributed by atoms with Gasteiger partial charge in [-0.25, -0.2) is 0 Å². The maximum atomic E-state index is 12.4. The second-order valence-electron chi connectivity index (χ2n) is 5.04. The summed E-state index contributed by atoms with van der Waals surface area (Å²) in [5.74, 6) is -0.00289. The number of alkyl halides is 2. The molecular weight excluding hydrogens is 372 g/mol. The van der Waals surface area contributed by atoms with Crippen LogP contribution in [0.1, 0.15) is 11.8 Å². The van der Waals surface area contributed by atoms with Gasteiger partial charge in [-0.2, -0.15) is 14.0 Å². The number of aliphatic hydroxyl groups excluding tert-OH is 1. The van der Waals surface area contributed by atoms with Crippen LogP contribution >= 0.6 is 15.9 Å². The lowest BCUT2D eigenvalue weighted by Gasteiger charge is -2.11. The van der Waals surface area contributed by atoms with Crippen molar-refractivity contribution in [2.75, 3.05) is 14.1 Å². The summed E-state index contributed by atoms with van der Waals surface area (Å²) in [4.78, 5) is 4.62. The van der Waals surface area contributed by atoms with Crippen LogP contribution in [-0.2, 0) is 0 Å². The molecule has 0 aliphatic rings. The van der Waals surface area contributed by atoms with Gasteiger partial charge in [0.2, 0.25) is 0 Å². The first-order valence-corrected chi connectivity index (χ1v) is 7.34. The largest absolute Gasteiger partial charge is 0.434 e. The Morgan fingerprint density at radius 2 is 2.13 bits per heavy atom. The van der Waals surface area contributed by atoms with Crippen LogP contribution in [0.25, 0.3) is 10.9 Å². The Balaban J connectivity index is 2.42. The molecule has 0 amide bonds. The van der Waals surface area contributed by atoms with Gasteiger partial charge in [-0.05, 0) is 34.1 Å². The maximum absolute atomic E-state index is 12.4. The predicted octanol–water partition coefficient (Wildman–Crippen LogP) is 3.53. The van der Waals surface area contributed by atoms with Crippen LogP contribution in [0.4, 0.5) is 8.78 Å². The van der Waals surface area contributed by atoms with Gasteiger partial charge in [-0.1, -0.05) is 0 Å². The van der Waals surface area contributed by atoms with E-state index in [9.17, 15) is 13.9 Å². The van der Waals surface area contributed by atoms with Crippen molar-refractivity contribution in [2.45, 2.75) is 12.7 Å². The molecule has 1 aromatic carbocycles. The number of aromatic amines is 1. The fourth-order valence-corrected chi connectivity index (χ4v) is 2.53. The van der Waals surface area contributed by atoms with Gasteiger partial charge in [-0.3, -0.25) is 0 Å². The van der Waals surface area contributed by atoms with Crippen LogP contribution in [0.2, 0.25) is 0 Å². The van der Waals surface area contributed by atoms with E-state index in [0.29, 0.717) is 21.1 Å². The molecule has 0 radical (unpaired) electrons. The fraction of sp³-hybridized carbons (Fsp3) is 0.267. The van der Waals surface area contributed by atoms with Gasteiger partial charge < -0.3 is 19.7 Å². The van der Waals surface area contributed by atoms with Gasteiger partial charge in [-0.15, -0.1) is 0 Å². The monoisotopic (exact) mass is 385 g/mol. The highest BCUT2D eigenvalue weighted by atomic mass is 79.9. The van der Waals surface area contributed by atoms with Crippen molar-refractivity contribution in [3.63, 3.8) is 0 Å². The molecule has 2 rings (SSSR count). The number of H-pyrrole nitrogens is 1. The molecule has 122 valence electrons. The molecule has 0 bridgehead atoms. The highest BCUT2D eigenvalue weighted by Crippen LogP contribution is 2.33. The lowest BCUT2D eigenvalue weighted by molar-refractivity contribution is -0.0502. The summed E-state index contributed by atoms with van der Waals surface area (Å²) in [5.41, 5.74) is 1.16. The molecule has 8 heteroatoms. The lowest BCUT2D eigenvalue weighted by Crippen LogP contribution is -2.07. The Bertz CT molecular complexity index is 781. The van der Waals surface area contributed by atoms with E-state index < -0.39 is 12.7 Å². The molecule has 0 saturated heterocycles. The normalized spacial score (nSPS) is 13.2. The molecule has 23 heavy (non-hydrogen) atoms. The van der Waals surface area contributed by atoms with Crippen LogP contribution in [0.5, 0.6) is 5.75 Å². The number of fused-ring (bicyclic) bond motifs is 1. The predicted molar refractivity (Wildman–Crippen MR) is 85.0 cm³/mol. The van der Waals surface area contributed by atoms with Crippen molar-refractivity contribution in [2.24, 2.45) is 0 Å². The topological polar surface area (TPSA) is 72.3 Å². The molecule has 5 nitrogen and oxygen atoms in total. The zero-order chi connectivity index (χ0) is 17.1. The van der Waals surface area contributed by atoms with Crippen LogP contribution < -0.4 is 4.74 Å². The third-order valence-electron chi connectivity index (χ3n) is 3.03. The number of ether oxygens (including phenoxy) is 1. The van der Waals surface area contributed by atoms with Gasteiger partial charge >= 0.3 is 6.61 Å². The van der Waals surface area contributed by atoms with E-state index in [0.717, 1.165) is 0 Å². The Hall–Kier alpha value is -2.11. The minimum Gasteiger partial charge on any atom is -0.434 e. The number of aliphatic hydroxyl groups is 1. The van der Waals surface area contributed by atoms with Crippen LogP contribution in [0.15, 0.2) is 34.4 Å². The Morgan fingerprint density at radius 3 is 2.70 bits per heavy atom. The number of nitriles is 1. The van der Waals surface area contributed by atoms with E-state index in [2.05, 4.69) is 25.7 Å². The van der Waals surface area contributed by atoms with Crippen molar-refractivity contribution in [1.29, 1.82) is 5.26 Å². The van der Waals surface area contributed by atoms with E-state index in [1.54, 1.807) is 31.1 Å². The number of hydrogen-bond acceptors (Lipinski definition) is 4. The number of aromatic nitrogens is 1. The molecule has 2 N–H and O–H groups in total. The van der Waals surface area contributed by atoms with Crippen molar-refractivity contribution in [1.82, 2.24) is 9.88 Å². The van der Waals surface area contributed by atoms with E-state index in [-0.39, 0.29) is 11.3 Å². The summed E-state index contributed by atoms with van der Waals surface area (Å²) in [5, 5.41) is 20.0. The number of nitrogens with zero attached hydrogens (tertiary/aromatic N) is 2. The summed E-state index contributed by atoms with van der Waals surface area (Å²) >= 11 is 3.16. The van der Waals surface area contributed by atoms with Gasteiger partial charge in [0.25, 0.3) is 0 Å². The van der Waals surface area contributed by atoms with E-state index in [4.69, 9.17) is 5.26 Å². The Labute approximate surface area is 139 Å². The van der Waals surface area contributed by atoms with E-state index in [1.165, 1.54) is 12.3 Å². The average molecular weight is 386 g/mol. The number of nitrogens with one attached hydrogen (secondary N) is 1. The second kappa shape index (κ2) is 6.98. The Morgan fingerprint density at radius 1 is 1.43 bits per heavy atom. The zero-order valence-electron chi connectivity index (χ0n) is 12.3. The summed E-state index contributed by atoms with van der Waals surface area (Å²) in [6.45, 7) is -2.93. The van der Waals surface area contributed by atoms with Crippen molar-refractivity contribution in [3.05, 3.63) is 40.1 Å². The lowest BCUT2D eigenvalue weighted by atomic mass is 10.1. The summed E-state index contributed by atoms with van der Waals surface area (Å²) < 4.78 is 29.5. The minimum absolute atomic E-state index is 0.00289. The molecule has 0 aliphatic heterocycles. The number of halogens is 3. The van der Waals surface area contributed by atoms with Crippen LogP contribution in [0, 0.1) is 11.3 Å². The summed E-state index contributed by atoms with van der Waals surface area (Å²) in [7, 11) is 3.47. The highest BCUT2D eigenvalue weighted by Gasteiger charge is 2.18. The van der Waals surface area contributed by atoms with Crippen molar-refractivity contribution < 1.29 is 18.6 Å². The van der Waals surface area contributed by atoms with E-state index >= 15 is 0 Å². The van der Waals surface area contributed by atoms with Gasteiger partial charge in [0.05, 0.1) is 21.8 Å². The molecule has 0 fully saturated rings. The molecule has 0 aliphatic carbocycles. The quantitative estimate of drug-likeness (QED) is 0.772. The SMILES string of the molecule is CN(C)/C=C(\C#N)C(O)c1cc2cc(OC(F)F)c(Br)cc2[nH]1. The molecule has 2 aromatic rings. The third-order valence-corrected chi connectivity index (χ3v) is 3.65. The smallest absolute Gasteiger partial charge is 0.387 e. The van der Waals surface area contributed by atoms with Gasteiger partial charge in [0.1, 0.15) is 11.9 Å². The van der Waals surface area contributed by atoms with Crippen molar-refractivity contribution >= 4 is 26.8 Å². The number of hydrogen-bond donors (Lipinski definition) is 2. The third kappa shape index (κ3) is 4.00. The molecule has 1 heterocycles. The summed E-state index contributed by atoms with van der Waals surface area (Å²) in [6, 6.07) is 6.54. The van der Waals surface area contributed by atoms with Crippen LogP contribution in [0.3, 0.4) is 0 Å². The second-order valence-corrected chi connectivity index (χ2v) is 5.89. The average Bonchev–Trinajstić information content (AvgIpc) is 2.86. The first kappa shape index (κ1) is 17.2. The molecule has 1 unspecified atom stereocenters. The Kier molecular flexibility index (Phi) is 5.23. The zero-order valence-corrected chi connectivity index (χ0v) is 13.9. The van der Waals surface area contributed by atoms with Gasteiger partial charge in [0.15, 0.2) is 0 Å². The van der Waals surface area contributed by atoms with Crippen LogP contribution in [-0.4, -0.2) is 35.7 Å². The maximum Gasteiger partial charge on any atom is 0.387 e. The standard InChI is InChI=1S/C15H14BrF2N3O2/c1-21(2)7-9(6-19)14(22)12-3-8-4-13(23-15(17)18)10(16)5-11(8)20-12/h3-5,7,14-15,20,22H,1-2H3/b9-7+. The summed E-state index contributed by atoms with van der Waals surface area (Å²) in [6.07, 6.45) is 0.366. The molecule has 0 saturated carbocycles.